The van der Waals surface area contributed by atoms with Crippen molar-refractivity contribution in [2.75, 3.05) is 6.61 Å². The van der Waals surface area contributed by atoms with Crippen LogP contribution in [0.1, 0.15) is 115 Å². The van der Waals surface area contributed by atoms with Crippen LogP contribution < -0.4 is 0 Å². The molecule has 9 heteroatoms. The second-order valence-corrected chi connectivity index (χ2v) is 26.4. The van der Waals surface area contributed by atoms with Gasteiger partial charge < -0.3 is 28.5 Å². The number of carbonyl (C=O) groups is 1. The summed E-state index contributed by atoms with van der Waals surface area (Å²) in [5.74, 6) is -1.87. The molecule has 0 aromatic heterocycles. The van der Waals surface area contributed by atoms with E-state index in [0.29, 0.717) is 48.9 Å². The van der Waals surface area contributed by atoms with E-state index in [0.717, 1.165) is 5.57 Å². The van der Waals surface area contributed by atoms with Crippen molar-refractivity contribution in [3.63, 3.8) is 0 Å². The number of aliphatic carboxylic acids is 1. The van der Waals surface area contributed by atoms with Crippen LogP contribution in [-0.4, -0.2) is 69.1 Å². The molecule has 2 aliphatic rings. The van der Waals surface area contributed by atoms with Gasteiger partial charge >= 0.3 is 5.97 Å². The molecule has 7 nitrogen and oxygen atoms in total. The Morgan fingerprint density at radius 3 is 1.98 bits per heavy atom. The number of ether oxygens (including phenoxy) is 2. The first-order valence-corrected chi connectivity index (χ1v) is 21.3. The van der Waals surface area contributed by atoms with Gasteiger partial charge in [-0.1, -0.05) is 81.4 Å². The molecule has 2 fully saturated rings. The molecule has 246 valence electrons. The van der Waals surface area contributed by atoms with Gasteiger partial charge in [0.1, 0.15) is 0 Å². The van der Waals surface area contributed by atoms with Gasteiger partial charge in [0.25, 0.3) is 0 Å². The quantitative estimate of drug-likeness (QED) is 0.156. The number of carboxylic acids is 1. The molecule has 2 heterocycles. The predicted octanol–water partition coefficient (Wildman–Crippen LogP) is 8.43. The number of carboxylic acid groups (broad SMARTS) is 1. The van der Waals surface area contributed by atoms with Gasteiger partial charge in [-0.3, -0.25) is 4.79 Å². The molecule has 0 radical (unpaired) electrons. The first kappa shape index (κ1) is 37.6. The van der Waals surface area contributed by atoms with Gasteiger partial charge in [0.05, 0.1) is 30.3 Å². The Morgan fingerprint density at radius 2 is 1.50 bits per heavy atom. The lowest BCUT2D eigenvalue weighted by Crippen LogP contribution is -2.59. The molecular weight excluding hydrogens is 565 g/mol. The van der Waals surface area contributed by atoms with Crippen LogP contribution in [-0.2, 0) is 23.1 Å². The highest BCUT2D eigenvalue weighted by Gasteiger charge is 2.54. The summed E-state index contributed by atoms with van der Waals surface area (Å²) in [4.78, 5) is 11.7. The largest absolute Gasteiger partial charge is 0.481 e. The van der Waals surface area contributed by atoms with Crippen molar-refractivity contribution in [1.29, 1.82) is 0 Å². The normalized spacial score (nSPS) is 30.4. The van der Waals surface area contributed by atoms with Gasteiger partial charge in [-0.05, 0) is 60.4 Å². The van der Waals surface area contributed by atoms with E-state index in [-0.39, 0.29) is 36.0 Å². The number of rotatable bonds is 13. The van der Waals surface area contributed by atoms with Crippen LogP contribution in [0.4, 0.5) is 0 Å². The molecule has 0 amide bonds. The second-order valence-electron chi connectivity index (χ2n) is 16.2. The third-order valence-corrected chi connectivity index (χ3v) is 20.9. The van der Waals surface area contributed by atoms with Crippen LogP contribution in [0.3, 0.4) is 0 Å². The lowest BCUT2D eigenvalue weighted by Gasteiger charge is -2.53. The predicted molar refractivity (Wildman–Crippen MR) is 176 cm³/mol. The van der Waals surface area contributed by atoms with Crippen LogP contribution in [0, 0.1) is 5.92 Å². The molecule has 0 aliphatic carbocycles. The highest BCUT2D eigenvalue weighted by Crippen LogP contribution is 2.48. The first-order chi connectivity index (χ1) is 19.0. The van der Waals surface area contributed by atoms with Gasteiger partial charge in [0, 0.05) is 25.9 Å². The van der Waals surface area contributed by atoms with Gasteiger partial charge in [-0.15, -0.1) is 0 Å². The third kappa shape index (κ3) is 9.24. The van der Waals surface area contributed by atoms with Crippen molar-refractivity contribution in [1.82, 2.24) is 0 Å². The molecule has 0 saturated carbocycles. The fourth-order valence-corrected chi connectivity index (χ4v) is 14.2. The maximum Gasteiger partial charge on any atom is 0.305 e. The summed E-state index contributed by atoms with van der Waals surface area (Å²) in [7, 11) is -4.13. The zero-order valence-electron chi connectivity index (χ0n) is 29.1. The van der Waals surface area contributed by atoms with E-state index in [4.69, 9.17) is 18.3 Å². The Labute approximate surface area is 259 Å². The topological polar surface area (TPSA) is 94.5 Å². The molecule has 2 saturated heterocycles. The van der Waals surface area contributed by atoms with E-state index >= 15 is 0 Å². The van der Waals surface area contributed by atoms with Crippen LogP contribution in [0.5, 0.6) is 0 Å². The molecule has 2 rings (SSSR count). The van der Waals surface area contributed by atoms with Crippen molar-refractivity contribution in [3.05, 3.63) is 12.2 Å². The minimum Gasteiger partial charge on any atom is -0.481 e. The Bertz CT molecular complexity index is 902. The van der Waals surface area contributed by atoms with Crippen LogP contribution in [0.15, 0.2) is 12.2 Å². The first-order valence-electron chi connectivity index (χ1n) is 16.2. The Balaban J connectivity index is 2.24. The van der Waals surface area contributed by atoms with Crippen LogP contribution in [0.25, 0.3) is 0 Å². The minimum absolute atomic E-state index is 0.0132. The number of hydrogen-bond acceptors (Lipinski definition) is 6. The smallest absolute Gasteiger partial charge is 0.305 e. The lowest BCUT2D eigenvalue weighted by molar-refractivity contribution is -0.348. The zero-order chi connectivity index (χ0) is 32.5. The van der Waals surface area contributed by atoms with Crippen LogP contribution in [0.2, 0.25) is 34.8 Å². The van der Waals surface area contributed by atoms with Gasteiger partial charge in [-0.25, -0.2) is 0 Å². The molecule has 0 aromatic rings. The van der Waals surface area contributed by atoms with E-state index in [1.54, 1.807) is 0 Å². The van der Waals surface area contributed by atoms with Crippen molar-refractivity contribution in [2.24, 2.45) is 5.92 Å². The fourth-order valence-electron chi connectivity index (χ4n) is 7.34. The summed E-state index contributed by atoms with van der Waals surface area (Å²) < 4.78 is 26.9. The maximum atomic E-state index is 11.7. The maximum absolute atomic E-state index is 11.7. The van der Waals surface area contributed by atoms with E-state index in [1.165, 1.54) is 0 Å². The van der Waals surface area contributed by atoms with Crippen molar-refractivity contribution < 1.29 is 33.3 Å². The minimum atomic E-state index is -2.13. The third-order valence-electron chi connectivity index (χ3n) is 10.3. The van der Waals surface area contributed by atoms with E-state index < -0.39 is 40.1 Å². The van der Waals surface area contributed by atoms with Crippen molar-refractivity contribution in [3.8, 4) is 0 Å². The molecule has 6 atom stereocenters. The summed E-state index contributed by atoms with van der Waals surface area (Å²) in [6.07, 6.45) is 1.14. The molecule has 0 unspecified atom stereocenters. The fraction of sp³-hybridized carbons (Fsp3) is 0.909. The van der Waals surface area contributed by atoms with Gasteiger partial charge in [0.15, 0.2) is 22.4 Å². The summed E-state index contributed by atoms with van der Waals surface area (Å²) in [6.45, 7) is 33.9. The van der Waals surface area contributed by atoms with Gasteiger partial charge in [0.2, 0.25) is 0 Å². The average molecular weight is 629 g/mol. The molecular formula is C33H64O7Si2. The molecule has 2 aliphatic heterocycles. The van der Waals surface area contributed by atoms with Crippen molar-refractivity contribution >= 4 is 22.6 Å². The summed E-state index contributed by atoms with van der Waals surface area (Å²) in [5, 5.41) is 21.1. The summed E-state index contributed by atoms with van der Waals surface area (Å²) in [5.41, 5.74) is 1.55. The molecule has 0 bridgehead atoms. The number of aliphatic hydroxyl groups is 1. The van der Waals surface area contributed by atoms with E-state index in [9.17, 15) is 15.0 Å². The molecule has 42 heavy (non-hydrogen) atoms. The highest BCUT2D eigenvalue weighted by molar-refractivity contribution is 6.77. The summed E-state index contributed by atoms with van der Waals surface area (Å²) >= 11 is 0. The zero-order valence-corrected chi connectivity index (χ0v) is 31.1. The monoisotopic (exact) mass is 628 g/mol. The van der Waals surface area contributed by atoms with Crippen molar-refractivity contribution in [2.45, 2.75) is 179 Å². The Hall–Kier alpha value is -0.556. The molecule has 1 spiro atoms. The SMILES string of the molecule is C=C(C[C@H]1C[C@](C)(O)C[C@@]2(C[C@@H](O[Si](C)(C)C(C)(C)C)C[C@H](CC(=O)O)O2)O1)[C@@H](C)CO[Si](C(C)C)(C(C)C)C(C)C. The highest BCUT2D eigenvalue weighted by atomic mass is 28.4. The van der Waals surface area contributed by atoms with Gasteiger partial charge in [-0.2, -0.15) is 0 Å². The van der Waals surface area contributed by atoms with E-state index in [2.05, 4.69) is 88.9 Å². The lowest BCUT2D eigenvalue weighted by atomic mass is 9.80. The Morgan fingerprint density at radius 1 is 0.976 bits per heavy atom. The number of hydrogen-bond donors (Lipinski definition) is 2. The standard InChI is InChI=1S/C33H64O7Si2/c1-22(2)42(23(3)4,24(5)6)37-20-26(8)25(7)15-28-18-32(12,36)21-33(39-28)19-29(16-27(38-33)17-30(34)35)40-41(13,14)31(9,10)11/h22-24,26-29,36H,7,15-21H2,1-6,8-14H3,(H,34,35)/t26-,27+,28-,29-,32-,33+/m0/s1. The molecule has 2 N–H and O–H groups in total. The van der Waals surface area contributed by atoms with E-state index in [1.807, 2.05) is 6.92 Å². The Kier molecular flexibility index (Phi) is 12.4. The summed E-state index contributed by atoms with van der Waals surface area (Å²) in [6, 6.07) is 0. The molecule has 0 aromatic carbocycles. The average Bonchev–Trinajstić information content (AvgIpc) is 2.75. The second kappa shape index (κ2) is 13.8. The van der Waals surface area contributed by atoms with Crippen LogP contribution >= 0.6 is 0 Å².